The van der Waals surface area contributed by atoms with Crippen LogP contribution in [0.1, 0.15) is 21.5 Å². The first-order valence-electron chi connectivity index (χ1n) is 6.38. The zero-order valence-electron chi connectivity index (χ0n) is 11.2. The van der Waals surface area contributed by atoms with Gasteiger partial charge >= 0.3 is 0 Å². The maximum absolute atomic E-state index is 12.9. The lowest BCUT2D eigenvalue weighted by Gasteiger charge is -2.06. The summed E-state index contributed by atoms with van der Waals surface area (Å²) in [4.78, 5) is 11.8. The minimum atomic E-state index is -0.735. The standard InChI is InChI=1S/C16H16FNO2/c1-11-2-4-12(5-3-11)8-9-18-16(20)13-6-7-14(17)15(19)10-13/h2-7,10,19H,8-9H2,1H3,(H,18,20). The molecule has 0 radical (unpaired) electrons. The number of rotatable bonds is 4. The molecule has 104 valence electrons. The Morgan fingerprint density at radius 3 is 2.55 bits per heavy atom. The van der Waals surface area contributed by atoms with Crippen LogP contribution in [0.3, 0.4) is 0 Å². The van der Waals surface area contributed by atoms with Crippen LogP contribution in [-0.2, 0) is 6.42 Å². The third kappa shape index (κ3) is 3.57. The van der Waals surface area contributed by atoms with Crippen LogP contribution in [0, 0.1) is 12.7 Å². The minimum Gasteiger partial charge on any atom is -0.505 e. The van der Waals surface area contributed by atoms with E-state index in [0.717, 1.165) is 24.1 Å². The summed E-state index contributed by atoms with van der Waals surface area (Å²) in [6.07, 6.45) is 0.721. The molecule has 0 aliphatic rings. The first kappa shape index (κ1) is 14.1. The van der Waals surface area contributed by atoms with Gasteiger partial charge in [0.15, 0.2) is 11.6 Å². The van der Waals surface area contributed by atoms with Gasteiger partial charge in [-0.05, 0) is 37.1 Å². The zero-order valence-corrected chi connectivity index (χ0v) is 11.2. The largest absolute Gasteiger partial charge is 0.505 e. The van der Waals surface area contributed by atoms with Crippen molar-refractivity contribution >= 4 is 5.91 Å². The van der Waals surface area contributed by atoms with Crippen LogP contribution in [-0.4, -0.2) is 17.6 Å². The quantitative estimate of drug-likeness (QED) is 0.900. The highest BCUT2D eigenvalue weighted by Gasteiger charge is 2.08. The molecule has 0 heterocycles. The fourth-order valence-corrected chi connectivity index (χ4v) is 1.83. The second-order valence-electron chi connectivity index (χ2n) is 4.66. The van der Waals surface area contributed by atoms with Crippen molar-refractivity contribution in [2.75, 3.05) is 6.54 Å². The number of nitrogens with one attached hydrogen (secondary N) is 1. The molecule has 2 rings (SSSR count). The lowest BCUT2D eigenvalue weighted by molar-refractivity contribution is 0.0953. The van der Waals surface area contributed by atoms with Crippen molar-refractivity contribution in [2.45, 2.75) is 13.3 Å². The van der Waals surface area contributed by atoms with Crippen LogP contribution in [0.4, 0.5) is 4.39 Å². The Morgan fingerprint density at radius 1 is 1.20 bits per heavy atom. The average Bonchev–Trinajstić information content (AvgIpc) is 2.44. The second-order valence-corrected chi connectivity index (χ2v) is 4.66. The number of phenolic OH excluding ortho intramolecular Hbond substituents is 1. The van der Waals surface area contributed by atoms with Gasteiger partial charge < -0.3 is 10.4 Å². The Morgan fingerprint density at radius 2 is 1.90 bits per heavy atom. The number of hydrogen-bond donors (Lipinski definition) is 2. The fraction of sp³-hybridized carbons (Fsp3) is 0.188. The van der Waals surface area contributed by atoms with E-state index >= 15 is 0 Å². The maximum Gasteiger partial charge on any atom is 0.251 e. The van der Waals surface area contributed by atoms with Gasteiger partial charge in [0.25, 0.3) is 5.91 Å². The number of hydrogen-bond acceptors (Lipinski definition) is 2. The number of carbonyl (C=O) groups is 1. The van der Waals surface area contributed by atoms with E-state index in [-0.39, 0.29) is 11.5 Å². The van der Waals surface area contributed by atoms with E-state index in [9.17, 15) is 14.3 Å². The van der Waals surface area contributed by atoms with E-state index in [2.05, 4.69) is 5.32 Å². The molecule has 2 aromatic carbocycles. The molecule has 0 fully saturated rings. The van der Waals surface area contributed by atoms with Crippen molar-refractivity contribution in [2.24, 2.45) is 0 Å². The Hall–Kier alpha value is -2.36. The smallest absolute Gasteiger partial charge is 0.251 e. The molecule has 1 amide bonds. The lowest BCUT2D eigenvalue weighted by Crippen LogP contribution is -2.25. The third-order valence-corrected chi connectivity index (χ3v) is 3.03. The van der Waals surface area contributed by atoms with Gasteiger partial charge in [0, 0.05) is 12.1 Å². The number of phenols is 1. The van der Waals surface area contributed by atoms with Crippen LogP contribution >= 0.6 is 0 Å². The monoisotopic (exact) mass is 273 g/mol. The Balaban J connectivity index is 1.88. The zero-order chi connectivity index (χ0) is 14.5. The predicted molar refractivity (Wildman–Crippen MR) is 75.3 cm³/mol. The molecule has 0 atom stereocenters. The molecule has 0 aromatic heterocycles. The van der Waals surface area contributed by atoms with Crippen molar-refractivity contribution < 1.29 is 14.3 Å². The van der Waals surface area contributed by atoms with Gasteiger partial charge in [0.05, 0.1) is 0 Å². The Labute approximate surface area is 117 Å². The van der Waals surface area contributed by atoms with E-state index < -0.39 is 11.6 Å². The summed E-state index contributed by atoms with van der Waals surface area (Å²) in [5, 5.41) is 12.0. The number of aryl methyl sites for hydroxylation is 1. The molecular formula is C16H16FNO2. The normalized spacial score (nSPS) is 10.3. The highest BCUT2D eigenvalue weighted by molar-refractivity contribution is 5.94. The molecule has 0 saturated heterocycles. The van der Waals surface area contributed by atoms with Gasteiger partial charge in [-0.3, -0.25) is 4.79 Å². The van der Waals surface area contributed by atoms with Crippen molar-refractivity contribution in [1.29, 1.82) is 0 Å². The third-order valence-electron chi connectivity index (χ3n) is 3.03. The number of aromatic hydroxyl groups is 1. The molecule has 2 aromatic rings. The molecule has 2 N–H and O–H groups in total. The summed E-state index contributed by atoms with van der Waals surface area (Å²) in [6.45, 7) is 2.51. The molecule has 0 unspecified atom stereocenters. The highest BCUT2D eigenvalue weighted by Crippen LogP contribution is 2.16. The molecule has 4 heteroatoms. The Kier molecular flexibility index (Phi) is 4.35. The SMILES string of the molecule is Cc1ccc(CCNC(=O)c2ccc(F)c(O)c2)cc1. The highest BCUT2D eigenvalue weighted by atomic mass is 19.1. The lowest BCUT2D eigenvalue weighted by atomic mass is 10.1. The molecular weight excluding hydrogens is 257 g/mol. The first-order valence-corrected chi connectivity index (χ1v) is 6.38. The van der Waals surface area contributed by atoms with Crippen LogP contribution in [0.15, 0.2) is 42.5 Å². The van der Waals surface area contributed by atoms with Gasteiger partial charge in [0.2, 0.25) is 0 Å². The Bertz CT molecular complexity index is 608. The number of carbonyl (C=O) groups excluding carboxylic acids is 1. The summed E-state index contributed by atoms with van der Waals surface area (Å²) in [7, 11) is 0. The summed E-state index contributed by atoms with van der Waals surface area (Å²) < 4.78 is 12.9. The van der Waals surface area contributed by atoms with Crippen LogP contribution in [0.5, 0.6) is 5.75 Å². The van der Waals surface area contributed by atoms with Gasteiger partial charge in [-0.25, -0.2) is 4.39 Å². The summed E-state index contributed by atoms with van der Waals surface area (Å²) in [5.41, 5.74) is 2.57. The molecule has 0 bridgehead atoms. The van der Waals surface area contributed by atoms with Crippen molar-refractivity contribution in [3.05, 3.63) is 65.0 Å². The molecule has 3 nitrogen and oxygen atoms in total. The molecule has 0 saturated carbocycles. The predicted octanol–water partition coefficient (Wildman–Crippen LogP) is 2.81. The van der Waals surface area contributed by atoms with E-state index in [1.165, 1.54) is 11.6 Å². The van der Waals surface area contributed by atoms with Crippen LogP contribution in [0.25, 0.3) is 0 Å². The minimum absolute atomic E-state index is 0.243. The molecule has 0 aliphatic carbocycles. The van der Waals surface area contributed by atoms with Crippen LogP contribution in [0.2, 0.25) is 0 Å². The summed E-state index contributed by atoms with van der Waals surface area (Å²) >= 11 is 0. The van der Waals surface area contributed by atoms with Gasteiger partial charge in [-0.1, -0.05) is 29.8 Å². The van der Waals surface area contributed by atoms with Crippen molar-refractivity contribution in [1.82, 2.24) is 5.32 Å². The van der Waals surface area contributed by atoms with Crippen molar-refractivity contribution in [3.8, 4) is 5.75 Å². The fourth-order valence-electron chi connectivity index (χ4n) is 1.83. The van der Waals surface area contributed by atoms with Gasteiger partial charge in [-0.2, -0.15) is 0 Å². The molecule has 0 aliphatic heterocycles. The average molecular weight is 273 g/mol. The van der Waals surface area contributed by atoms with E-state index in [4.69, 9.17) is 0 Å². The summed E-state index contributed by atoms with van der Waals surface area (Å²) in [6, 6.07) is 11.6. The van der Waals surface area contributed by atoms with Crippen molar-refractivity contribution in [3.63, 3.8) is 0 Å². The van der Waals surface area contributed by atoms with Crippen LogP contribution < -0.4 is 5.32 Å². The molecule has 0 spiro atoms. The summed E-state index contributed by atoms with van der Waals surface area (Å²) in [5.74, 6) is -1.58. The second kappa shape index (κ2) is 6.19. The number of amides is 1. The maximum atomic E-state index is 12.9. The van der Waals surface area contributed by atoms with Gasteiger partial charge in [-0.15, -0.1) is 0 Å². The van der Waals surface area contributed by atoms with E-state index in [1.807, 2.05) is 31.2 Å². The number of halogens is 1. The van der Waals surface area contributed by atoms with Gasteiger partial charge in [0.1, 0.15) is 0 Å². The topological polar surface area (TPSA) is 49.3 Å². The van der Waals surface area contributed by atoms with E-state index in [1.54, 1.807) is 0 Å². The number of benzene rings is 2. The first-order chi connectivity index (χ1) is 9.56. The van der Waals surface area contributed by atoms with E-state index in [0.29, 0.717) is 6.54 Å². The molecule has 20 heavy (non-hydrogen) atoms.